The van der Waals surface area contributed by atoms with Crippen LogP contribution in [0.1, 0.15) is 33.6 Å². The Hall–Kier alpha value is -0.610. The molecule has 2 aliphatic rings. The lowest BCUT2D eigenvalue weighted by Crippen LogP contribution is -2.35. The summed E-state index contributed by atoms with van der Waals surface area (Å²) in [6, 6.07) is 0. The molecule has 0 bridgehead atoms. The second kappa shape index (κ2) is 11.2. The summed E-state index contributed by atoms with van der Waals surface area (Å²) in [7, 11) is 0. The molecule has 2 rings (SSSR count). The number of hydrogen-bond acceptors (Lipinski definition) is 6. The van der Waals surface area contributed by atoms with E-state index in [1.807, 2.05) is 20.8 Å². The van der Waals surface area contributed by atoms with Crippen LogP contribution in [0.25, 0.3) is 0 Å². The van der Waals surface area contributed by atoms with Crippen molar-refractivity contribution in [1.82, 2.24) is 10.2 Å². The van der Waals surface area contributed by atoms with Crippen LogP contribution in [0.2, 0.25) is 0 Å². The zero-order valence-electron chi connectivity index (χ0n) is 14.7. The van der Waals surface area contributed by atoms with Gasteiger partial charge in [-0.1, -0.05) is 0 Å². The molecule has 0 aromatic carbocycles. The number of amides is 1. The Labute approximate surface area is 157 Å². The highest BCUT2D eigenvalue weighted by Gasteiger charge is 2.27. The number of hydrogen-bond donors (Lipinski definition) is 3. The minimum Gasteiger partial charge on any atom is -0.444 e. The first kappa shape index (κ1) is 24.4. The Morgan fingerprint density at radius 2 is 1.76 bits per heavy atom. The second-order valence-electron chi connectivity index (χ2n) is 6.67. The van der Waals surface area contributed by atoms with E-state index in [2.05, 4.69) is 30.6 Å². The van der Waals surface area contributed by atoms with Crippen molar-refractivity contribution in [2.45, 2.75) is 55.9 Å². The topological polar surface area (TPSA) is 58.6 Å². The summed E-state index contributed by atoms with van der Waals surface area (Å²) >= 11 is 8.54. The van der Waals surface area contributed by atoms with Crippen LogP contribution >= 0.6 is 25.3 Å². The van der Waals surface area contributed by atoms with Gasteiger partial charge in [-0.15, -0.1) is 0 Å². The highest BCUT2D eigenvalue weighted by Crippen LogP contribution is 2.17. The van der Waals surface area contributed by atoms with E-state index in [4.69, 9.17) is 9.53 Å². The Kier molecular flexibility index (Phi) is 10.9. The van der Waals surface area contributed by atoms with Crippen LogP contribution in [0.4, 0.5) is 18.0 Å². The fourth-order valence-electron chi connectivity index (χ4n) is 1.87. The molecule has 0 unspecified atom stereocenters. The maximum Gasteiger partial charge on any atom is 0.446 e. The molecule has 1 N–H and O–H groups in total. The van der Waals surface area contributed by atoms with Crippen molar-refractivity contribution in [3.05, 3.63) is 0 Å². The summed E-state index contributed by atoms with van der Waals surface area (Å²) < 4.78 is 36.5. The predicted octanol–water partition coefficient (Wildman–Crippen LogP) is 2.95. The number of alkyl halides is 3. The zero-order valence-corrected chi connectivity index (χ0v) is 16.5. The molecule has 5 nitrogen and oxygen atoms in total. The molecule has 0 saturated carbocycles. The van der Waals surface area contributed by atoms with Crippen LogP contribution in [0.3, 0.4) is 0 Å². The maximum atomic E-state index is 11.5. The normalized spacial score (nSPS) is 23.1. The van der Waals surface area contributed by atoms with E-state index in [-0.39, 0.29) is 6.09 Å². The van der Waals surface area contributed by atoms with E-state index >= 15 is 0 Å². The minimum absolute atomic E-state index is 0.218. The van der Waals surface area contributed by atoms with Crippen molar-refractivity contribution in [3.63, 3.8) is 0 Å². The van der Waals surface area contributed by atoms with Gasteiger partial charge >= 0.3 is 12.3 Å². The quantitative estimate of drug-likeness (QED) is 0.429. The van der Waals surface area contributed by atoms with Crippen molar-refractivity contribution >= 4 is 37.6 Å². The number of ether oxygens (including phenoxy) is 1. The zero-order chi connectivity index (χ0) is 19.7. The van der Waals surface area contributed by atoms with Gasteiger partial charge in [0.15, 0.2) is 0 Å². The van der Waals surface area contributed by atoms with Crippen LogP contribution < -0.4 is 5.32 Å². The first-order chi connectivity index (χ1) is 11.3. The molecule has 0 spiro atoms. The van der Waals surface area contributed by atoms with Crippen LogP contribution in [-0.4, -0.2) is 65.7 Å². The Bertz CT molecular complexity index is 412. The van der Waals surface area contributed by atoms with Gasteiger partial charge in [0.05, 0.1) is 0 Å². The van der Waals surface area contributed by atoms with Gasteiger partial charge in [-0.05, 0) is 40.2 Å². The number of carbonyl (C=O) groups is 2. The lowest BCUT2D eigenvalue weighted by atomic mass is 10.2. The molecule has 2 heterocycles. The predicted molar refractivity (Wildman–Crippen MR) is 97.6 cm³/mol. The first-order valence-corrected chi connectivity index (χ1v) is 8.95. The number of aldehydes is 1. The molecule has 0 aliphatic carbocycles. The van der Waals surface area contributed by atoms with Gasteiger partial charge in [0, 0.05) is 30.1 Å². The molecular weight excluding hydrogens is 377 g/mol. The number of thiol groups is 2. The SMILES string of the molecule is CC(C)(C)OC(=O)N1CC[C@@H](S)C1.O=CC(F)(F)F.S[C@@H]1CCNC1. The van der Waals surface area contributed by atoms with Crippen LogP contribution in [0, 0.1) is 0 Å². The minimum atomic E-state index is -4.64. The van der Waals surface area contributed by atoms with E-state index in [0.717, 1.165) is 26.1 Å². The van der Waals surface area contributed by atoms with Crippen molar-refractivity contribution < 1.29 is 27.5 Å². The molecule has 25 heavy (non-hydrogen) atoms. The fraction of sp³-hybridized carbons (Fsp3) is 0.867. The molecule has 148 valence electrons. The molecule has 10 heteroatoms. The van der Waals surface area contributed by atoms with Crippen LogP contribution in [0.5, 0.6) is 0 Å². The molecule has 2 aliphatic heterocycles. The van der Waals surface area contributed by atoms with Crippen molar-refractivity contribution in [2.24, 2.45) is 0 Å². The van der Waals surface area contributed by atoms with E-state index in [0.29, 0.717) is 17.0 Å². The number of carbonyl (C=O) groups excluding carboxylic acids is 2. The first-order valence-electron chi connectivity index (χ1n) is 7.92. The largest absolute Gasteiger partial charge is 0.446 e. The lowest BCUT2D eigenvalue weighted by Gasteiger charge is -2.24. The smallest absolute Gasteiger partial charge is 0.444 e. The van der Waals surface area contributed by atoms with Gasteiger partial charge in [0.1, 0.15) is 5.60 Å². The van der Waals surface area contributed by atoms with E-state index in [1.54, 1.807) is 4.90 Å². The highest BCUT2D eigenvalue weighted by molar-refractivity contribution is 7.81. The molecule has 2 saturated heterocycles. The Morgan fingerprint density at radius 3 is 2.00 bits per heavy atom. The Morgan fingerprint density at radius 1 is 1.20 bits per heavy atom. The van der Waals surface area contributed by atoms with Crippen LogP contribution in [-0.2, 0) is 9.53 Å². The third kappa shape index (κ3) is 14.3. The summed E-state index contributed by atoms with van der Waals surface area (Å²) in [5, 5.41) is 4.14. The highest BCUT2D eigenvalue weighted by atomic mass is 32.1. The van der Waals surface area contributed by atoms with Gasteiger partial charge in [-0.25, -0.2) is 4.79 Å². The van der Waals surface area contributed by atoms with Gasteiger partial charge in [0.2, 0.25) is 6.29 Å². The van der Waals surface area contributed by atoms with Crippen LogP contribution in [0.15, 0.2) is 0 Å². The Balaban J connectivity index is 0.000000399. The second-order valence-corrected chi connectivity index (χ2v) is 8.14. The third-order valence-corrected chi connectivity index (χ3v) is 3.85. The van der Waals surface area contributed by atoms with E-state index in [1.165, 1.54) is 6.42 Å². The summed E-state index contributed by atoms with van der Waals surface area (Å²) in [5.74, 6) is 0. The molecule has 1 amide bonds. The third-order valence-electron chi connectivity index (χ3n) is 2.98. The average Bonchev–Trinajstić information content (AvgIpc) is 3.09. The van der Waals surface area contributed by atoms with Gasteiger partial charge in [-0.2, -0.15) is 38.4 Å². The molecule has 0 aromatic heterocycles. The number of likely N-dealkylation sites (tertiary alicyclic amines) is 1. The maximum absolute atomic E-state index is 11.5. The molecule has 2 atom stereocenters. The molecule has 2 fully saturated rings. The molecule has 0 radical (unpaired) electrons. The molecule has 0 aromatic rings. The standard InChI is InChI=1S/C9H17NO2S.C4H9NS.C2HF3O/c1-9(2,3)12-8(11)10-5-4-7(13)6-10;6-4-1-2-5-3-4;3-2(4,5)1-6/h7,13H,4-6H2,1-3H3;4-6H,1-3H2;1H/t7-;4-;/m11./s1. The van der Waals surface area contributed by atoms with Gasteiger partial charge in [0.25, 0.3) is 0 Å². The summed E-state index contributed by atoms with van der Waals surface area (Å²) in [4.78, 5) is 21.9. The number of halogens is 3. The van der Waals surface area contributed by atoms with Gasteiger partial charge in [-0.3, -0.25) is 4.79 Å². The van der Waals surface area contributed by atoms with Crippen molar-refractivity contribution in [2.75, 3.05) is 26.2 Å². The lowest BCUT2D eigenvalue weighted by molar-refractivity contribution is -0.156. The average molecular weight is 405 g/mol. The van der Waals surface area contributed by atoms with Crippen molar-refractivity contribution in [1.29, 1.82) is 0 Å². The number of nitrogens with zero attached hydrogens (tertiary/aromatic N) is 1. The summed E-state index contributed by atoms with van der Waals surface area (Å²) in [5.41, 5.74) is -0.397. The van der Waals surface area contributed by atoms with Gasteiger partial charge < -0.3 is 15.0 Å². The number of rotatable bonds is 0. The summed E-state index contributed by atoms with van der Waals surface area (Å²) in [6.07, 6.45) is -3.72. The molecular formula is C15H27F3N2O3S2. The number of nitrogens with one attached hydrogen (secondary N) is 1. The van der Waals surface area contributed by atoms with E-state index in [9.17, 15) is 18.0 Å². The monoisotopic (exact) mass is 404 g/mol. The fourth-order valence-corrected chi connectivity index (χ4v) is 2.44. The summed E-state index contributed by atoms with van der Waals surface area (Å²) in [6.45, 7) is 9.36. The van der Waals surface area contributed by atoms with E-state index < -0.39 is 18.1 Å². The van der Waals surface area contributed by atoms with Crippen molar-refractivity contribution in [3.8, 4) is 0 Å².